The van der Waals surface area contributed by atoms with E-state index in [1.54, 1.807) is 12.1 Å². The number of nitrogens with zero attached hydrogens (tertiary/aromatic N) is 1. The average Bonchev–Trinajstić information content (AvgIpc) is 2.82. The maximum atomic E-state index is 14.3. The van der Waals surface area contributed by atoms with Gasteiger partial charge >= 0.3 is 0 Å². The highest BCUT2D eigenvalue weighted by atomic mass is 32.1. The summed E-state index contributed by atoms with van der Waals surface area (Å²) < 4.78 is 14.3. The molecule has 2 aromatic rings. The van der Waals surface area contributed by atoms with Gasteiger partial charge in [0.15, 0.2) is 5.11 Å². The monoisotopic (exact) mass is 455 g/mol. The Hall–Kier alpha value is -2.47. The fourth-order valence-electron chi connectivity index (χ4n) is 4.25. The van der Waals surface area contributed by atoms with Gasteiger partial charge in [0.2, 0.25) is 5.91 Å². The minimum absolute atomic E-state index is 0.0749. The SMILES string of the molecule is C[C@@H](CCc1ccccc1)NC(=O)CNC(=S)N(Cc1ccccc1F)C1CCCCC1. The molecule has 3 rings (SSSR count). The van der Waals surface area contributed by atoms with Gasteiger partial charge in [0.25, 0.3) is 0 Å². The van der Waals surface area contributed by atoms with E-state index in [4.69, 9.17) is 12.2 Å². The van der Waals surface area contributed by atoms with Gasteiger partial charge in [0.05, 0.1) is 6.54 Å². The summed E-state index contributed by atoms with van der Waals surface area (Å²) in [5.74, 6) is -0.302. The average molecular weight is 456 g/mol. The first-order valence-electron chi connectivity index (χ1n) is 11.6. The molecule has 2 N–H and O–H groups in total. The number of nitrogens with one attached hydrogen (secondary N) is 2. The quantitative estimate of drug-likeness (QED) is 0.524. The van der Waals surface area contributed by atoms with Crippen LogP contribution in [0.25, 0.3) is 0 Å². The highest BCUT2D eigenvalue weighted by molar-refractivity contribution is 7.80. The van der Waals surface area contributed by atoms with E-state index in [2.05, 4.69) is 27.7 Å². The molecule has 1 aliphatic rings. The molecule has 0 spiro atoms. The van der Waals surface area contributed by atoms with Crippen molar-refractivity contribution in [3.63, 3.8) is 0 Å². The van der Waals surface area contributed by atoms with Gasteiger partial charge in [0.1, 0.15) is 5.82 Å². The first kappa shape index (κ1) is 24.2. The van der Waals surface area contributed by atoms with Crippen molar-refractivity contribution in [1.82, 2.24) is 15.5 Å². The van der Waals surface area contributed by atoms with Gasteiger partial charge in [-0.15, -0.1) is 0 Å². The largest absolute Gasteiger partial charge is 0.353 e. The van der Waals surface area contributed by atoms with Crippen LogP contribution in [0.5, 0.6) is 0 Å². The van der Waals surface area contributed by atoms with E-state index < -0.39 is 0 Å². The van der Waals surface area contributed by atoms with E-state index in [9.17, 15) is 9.18 Å². The second-order valence-corrected chi connectivity index (χ2v) is 9.05. The summed E-state index contributed by atoms with van der Waals surface area (Å²) in [5.41, 5.74) is 1.89. The number of carbonyl (C=O) groups excluding carboxylic acids is 1. The van der Waals surface area contributed by atoms with Crippen LogP contribution >= 0.6 is 12.2 Å². The predicted octanol–water partition coefficient (Wildman–Crippen LogP) is 4.97. The van der Waals surface area contributed by atoms with Crippen LogP contribution in [0.3, 0.4) is 0 Å². The summed E-state index contributed by atoms with van der Waals surface area (Å²) in [7, 11) is 0. The summed E-state index contributed by atoms with van der Waals surface area (Å²) in [6.45, 7) is 2.55. The summed E-state index contributed by atoms with van der Waals surface area (Å²) in [6.07, 6.45) is 7.42. The number of rotatable bonds is 9. The van der Waals surface area contributed by atoms with Gasteiger partial charge in [-0.25, -0.2) is 4.39 Å². The summed E-state index contributed by atoms with van der Waals surface area (Å²) >= 11 is 5.66. The Balaban J connectivity index is 1.51. The third-order valence-electron chi connectivity index (χ3n) is 6.09. The van der Waals surface area contributed by atoms with Crippen LogP contribution in [-0.4, -0.2) is 34.5 Å². The molecule has 2 aromatic carbocycles. The fraction of sp³-hybridized carbons (Fsp3) is 0.462. The molecule has 0 aromatic heterocycles. The molecule has 0 aliphatic heterocycles. The number of halogens is 1. The molecular formula is C26H34FN3OS. The molecule has 1 amide bonds. The molecule has 0 unspecified atom stereocenters. The van der Waals surface area contributed by atoms with Crippen molar-refractivity contribution in [2.75, 3.05) is 6.54 Å². The Morgan fingerprint density at radius 1 is 1.09 bits per heavy atom. The summed E-state index contributed by atoms with van der Waals surface area (Å²) in [5, 5.41) is 6.69. The maximum Gasteiger partial charge on any atom is 0.239 e. The third kappa shape index (κ3) is 7.59. The molecule has 0 bridgehead atoms. The Morgan fingerprint density at radius 2 is 1.78 bits per heavy atom. The van der Waals surface area contributed by atoms with Crippen LogP contribution in [-0.2, 0) is 17.8 Å². The minimum atomic E-state index is -0.221. The lowest BCUT2D eigenvalue weighted by molar-refractivity contribution is -0.120. The Bertz CT molecular complexity index is 870. The van der Waals surface area contributed by atoms with E-state index >= 15 is 0 Å². The summed E-state index contributed by atoms with van der Waals surface area (Å²) in [4.78, 5) is 14.5. The third-order valence-corrected chi connectivity index (χ3v) is 6.47. The smallest absolute Gasteiger partial charge is 0.239 e. The topological polar surface area (TPSA) is 44.4 Å². The van der Waals surface area contributed by atoms with Crippen LogP contribution < -0.4 is 10.6 Å². The van der Waals surface area contributed by atoms with Crippen molar-refractivity contribution in [3.8, 4) is 0 Å². The van der Waals surface area contributed by atoms with Gasteiger partial charge in [0, 0.05) is 24.2 Å². The highest BCUT2D eigenvalue weighted by Crippen LogP contribution is 2.25. The number of benzene rings is 2. The van der Waals surface area contributed by atoms with Crippen LogP contribution in [0.2, 0.25) is 0 Å². The first-order valence-corrected chi connectivity index (χ1v) is 12.0. The van der Waals surface area contributed by atoms with Crippen molar-refractivity contribution in [2.45, 2.75) is 70.5 Å². The van der Waals surface area contributed by atoms with Crippen molar-refractivity contribution < 1.29 is 9.18 Å². The lowest BCUT2D eigenvalue weighted by Crippen LogP contribution is -2.49. The fourth-order valence-corrected chi connectivity index (χ4v) is 4.54. The zero-order valence-electron chi connectivity index (χ0n) is 18.9. The molecule has 1 saturated carbocycles. The molecule has 0 saturated heterocycles. The van der Waals surface area contributed by atoms with E-state index in [0.717, 1.165) is 38.5 Å². The maximum absolute atomic E-state index is 14.3. The lowest BCUT2D eigenvalue weighted by Gasteiger charge is -2.36. The molecule has 172 valence electrons. The Morgan fingerprint density at radius 3 is 2.50 bits per heavy atom. The lowest BCUT2D eigenvalue weighted by atomic mass is 9.94. The van der Waals surface area contributed by atoms with Gasteiger partial charge in [-0.2, -0.15) is 0 Å². The van der Waals surface area contributed by atoms with Gasteiger partial charge < -0.3 is 15.5 Å². The number of hydrogen-bond donors (Lipinski definition) is 2. The standard InChI is InChI=1S/C26H34FN3OS/c1-20(16-17-21-10-4-2-5-11-21)29-25(31)18-28-26(32)30(23-13-6-3-7-14-23)19-22-12-8-9-15-24(22)27/h2,4-5,8-12,15,20,23H,3,6-7,13-14,16-19H2,1H3,(H,28,32)(H,29,31)/t20-/m0/s1. The van der Waals surface area contributed by atoms with Crippen molar-refractivity contribution >= 4 is 23.2 Å². The predicted molar refractivity (Wildman–Crippen MR) is 132 cm³/mol. The van der Waals surface area contributed by atoms with Crippen LogP contribution in [0.1, 0.15) is 56.6 Å². The van der Waals surface area contributed by atoms with E-state index in [1.807, 2.05) is 31.2 Å². The Kier molecular flexibility index (Phi) is 9.47. The van der Waals surface area contributed by atoms with Crippen molar-refractivity contribution in [1.29, 1.82) is 0 Å². The first-order chi connectivity index (χ1) is 15.5. The molecule has 0 heterocycles. The Labute approximate surface area is 196 Å². The second-order valence-electron chi connectivity index (χ2n) is 8.66. The molecule has 1 atom stereocenters. The number of thiocarbonyl (C=S) groups is 1. The van der Waals surface area contributed by atoms with Crippen molar-refractivity contribution in [3.05, 3.63) is 71.5 Å². The summed E-state index contributed by atoms with van der Waals surface area (Å²) in [6, 6.07) is 17.4. The van der Waals surface area contributed by atoms with Gasteiger partial charge in [-0.1, -0.05) is 67.8 Å². The highest BCUT2D eigenvalue weighted by Gasteiger charge is 2.24. The minimum Gasteiger partial charge on any atom is -0.353 e. The second kappa shape index (κ2) is 12.5. The molecule has 32 heavy (non-hydrogen) atoms. The number of aryl methyl sites for hydroxylation is 1. The number of carbonyl (C=O) groups is 1. The van der Waals surface area contributed by atoms with E-state index in [0.29, 0.717) is 17.2 Å². The van der Waals surface area contributed by atoms with Crippen molar-refractivity contribution in [2.24, 2.45) is 0 Å². The molecule has 1 aliphatic carbocycles. The number of amides is 1. The molecular weight excluding hydrogens is 421 g/mol. The molecule has 4 nitrogen and oxygen atoms in total. The van der Waals surface area contributed by atoms with E-state index in [1.165, 1.54) is 18.1 Å². The van der Waals surface area contributed by atoms with Crippen LogP contribution in [0.4, 0.5) is 4.39 Å². The molecule has 0 radical (unpaired) electrons. The zero-order valence-corrected chi connectivity index (χ0v) is 19.7. The number of hydrogen-bond acceptors (Lipinski definition) is 2. The van der Waals surface area contributed by atoms with Crippen LogP contribution in [0.15, 0.2) is 54.6 Å². The van der Waals surface area contributed by atoms with Gasteiger partial charge in [-0.3, -0.25) is 4.79 Å². The van der Waals surface area contributed by atoms with E-state index in [-0.39, 0.29) is 30.4 Å². The molecule has 6 heteroatoms. The normalized spacial score (nSPS) is 15.1. The van der Waals surface area contributed by atoms with Gasteiger partial charge in [-0.05, 0) is 56.5 Å². The molecule has 1 fully saturated rings. The zero-order chi connectivity index (χ0) is 22.8. The van der Waals surface area contributed by atoms with Crippen LogP contribution in [0, 0.1) is 5.82 Å².